The molecule has 0 aromatic rings. The Balaban J connectivity index is 1.52. The zero-order chi connectivity index (χ0) is 24.0. The Morgan fingerprint density at radius 3 is 2.53 bits per heavy atom. The van der Waals surface area contributed by atoms with E-state index in [1.54, 1.807) is 0 Å². The number of carbonyl (C=O) groups excluding carboxylic acids is 1. The first-order valence-electron chi connectivity index (χ1n) is 13.4. The predicted molar refractivity (Wildman–Crippen MR) is 129 cm³/mol. The number of esters is 1. The first kappa shape index (κ1) is 25.7. The van der Waals surface area contributed by atoms with E-state index in [1.807, 2.05) is 0 Å². The Morgan fingerprint density at radius 1 is 1.12 bits per heavy atom. The highest BCUT2D eigenvalue weighted by Crippen LogP contribution is 2.45. The number of ether oxygens (including phenoxy) is 5. The summed E-state index contributed by atoms with van der Waals surface area (Å²) < 4.78 is 30.5. The van der Waals surface area contributed by atoms with Crippen LogP contribution in [-0.2, 0) is 28.5 Å². The molecule has 8 atom stereocenters. The second kappa shape index (κ2) is 12.0. The van der Waals surface area contributed by atoms with Gasteiger partial charge in [-0.2, -0.15) is 0 Å². The van der Waals surface area contributed by atoms with Crippen LogP contribution < -0.4 is 0 Å². The van der Waals surface area contributed by atoms with Gasteiger partial charge in [0, 0.05) is 44.3 Å². The summed E-state index contributed by atoms with van der Waals surface area (Å²) in [4.78, 5) is 12.0. The number of hydrogen-bond donors (Lipinski definition) is 0. The van der Waals surface area contributed by atoms with Crippen LogP contribution in [0.4, 0.5) is 0 Å². The van der Waals surface area contributed by atoms with E-state index in [1.165, 1.54) is 0 Å². The minimum absolute atomic E-state index is 0.0205. The van der Waals surface area contributed by atoms with E-state index in [4.69, 9.17) is 23.7 Å². The molecule has 34 heavy (non-hydrogen) atoms. The lowest BCUT2D eigenvalue weighted by molar-refractivity contribution is -0.218. The molecule has 3 unspecified atom stereocenters. The largest absolute Gasteiger partial charge is 0.462 e. The fraction of sp³-hybridized carbons (Fsp3) is 0.821. The van der Waals surface area contributed by atoms with Crippen molar-refractivity contribution in [2.45, 2.75) is 115 Å². The molecule has 0 aromatic carbocycles. The third-order valence-electron chi connectivity index (χ3n) is 7.88. The molecule has 0 spiro atoms. The van der Waals surface area contributed by atoms with E-state index in [2.05, 4.69) is 44.8 Å². The summed E-state index contributed by atoms with van der Waals surface area (Å²) in [5, 5.41) is 0. The van der Waals surface area contributed by atoms with Crippen LogP contribution >= 0.6 is 0 Å². The molecular formula is C28H42O6. The van der Waals surface area contributed by atoms with E-state index in [0.29, 0.717) is 6.42 Å². The SMILES string of the molecule is CCC#CCC(C)[C@@](C)(/C=C/[C@@H]1[C@H]2CC(=O)O[C@H]2C[C@H]1OC1CCCCO1)OC1CCCCO1. The van der Waals surface area contributed by atoms with Gasteiger partial charge in [0.05, 0.1) is 18.1 Å². The van der Waals surface area contributed by atoms with Gasteiger partial charge in [-0.25, -0.2) is 0 Å². The summed E-state index contributed by atoms with van der Waals surface area (Å²) in [5.74, 6) is 6.81. The van der Waals surface area contributed by atoms with Crippen LogP contribution in [0.25, 0.3) is 0 Å². The number of carbonyl (C=O) groups is 1. The van der Waals surface area contributed by atoms with Crippen LogP contribution in [0.15, 0.2) is 12.2 Å². The van der Waals surface area contributed by atoms with Crippen LogP contribution in [0.3, 0.4) is 0 Å². The maximum atomic E-state index is 12.0. The van der Waals surface area contributed by atoms with Crippen molar-refractivity contribution in [2.24, 2.45) is 17.8 Å². The lowest BCUT2D eigenvalue weighted by atomic mass is 9.84. The fourth-order valence-corrected chi connectivity index (χ4v) is 5.59. The third-order valence-corrected chi connectivity index (χ3v) is 7.88. The lowest BCUT2D eigenvalue weighted by Gasteiger charge is -2.38. The normalized spacial score (nSPS) is 36.4. The summed E-state index contributed by atoms with van der Waals surface area (Å²) in [6, 6.07) is 0. The van der Waals surface area contributed by atoms with Crippen molar-refractivity contribution in [2.75, 3.05) is 13.2 Å². The molecule has 3 saturated heterocycles. The number of rotatable bonds is 8. The first-order chi connectivity index (χ1) is 16.5. The minimum atomic E-state index is -0.530. The molecule has 6 heteroatoms. The quantitative estimate of drug-likeness (QED) is 0.276. The predicted octanol–water partition coefficient (Wildman–Crippen LogP) is 5.15. The zero-order valence-electron chi connectivity index (χ0n) is 21.1. The van der Waals surface area contributed by atoms with Gasteiger partial charge in [-0.05, 0) is 51.4 Å². The monoisotopic (exact) mass is 474 g/mol. The summed E-state index contributed by atoms with van der Waals surface area (Å²) in [6.45, 7) is 7.91. The van der Waals surface area contributed by atoms with Crippen molar-refractivity contribution in [3.05, 3.63) is 12.2 Å². The average Bonchev–Trinajstić information content (AvgIpc) is 3.34. The van der Waals surface area contributed by atoms with E-state index in [0.717, 1.165) is 71.0 Å². The van der Waals surface area contributed by atoms with Gasteiger partial charge < -0.3 is 23.7 Å². The van der Waals surface area contributed by atoms with Crippen molar-refractivity contribution in [3.8, 4) is 11.8 Å². The Labute approximate surface area is 205 Å². The maximum absolute atomic E-state index is 12.0. The van der Waals surface area contributed by atoms with Crippen molar-refractivity contribution in [1.29, 1.82) is 0 Å². The van der Waals surface area contributed by atoms with Crippen LogP contribution in [0, 0.1) is 29.6 Å². The van der Waals surface area contributed by atoms with Crippen LogP contribution in [0.2, 0.25) is 0 Å². The zero-order valence-corrected chi connectivity index (χ0v) is 21.1. The van der Waals surface area contributed by atoms with Crippen LogP contribution in [-0.4, -0.2) is 49.6 Å². The van der Waals surface area contributed by atoms with Gasteiger partial charge in [-0.1, -0.05) is 26.0 Å². The summed E-state index contributed by atoms with van der Waals surface area (Å²) >= 11 is 0. The van der Waals surface area contributed by atoms with E-state index >= 15 is 0 Å². The number of hydrogen-bond acceptors (Lipinski definition) is 6. The van der Waals surface area contributed by atoms with Crippen molar-refractivity contribution >= 4 is 5.97 Å². The molecule has 4 fully saturated rings. The van der Waals surface area contributed by atoms with E-state index < -0.39 is 5.60 Å². The molecule has 3 aliphatic heterocycles. The van der Waals surface area contributed by atoms with Gasteiger partial charge in [0.2, 0.25) is 0 Å². The highest BCUT2D eigenvalue weighted by Gasteiger charge is 2.50. The highest BCUT2D eigenvalue weighted by molar-refractivity contribution is 5.72. The lowest BCUT2D eigenvalue weighted by Crippen LogP contribution is -2.40. The Bertz CT molecular complexity index is 757. The molecule has 4 aliphatic rings. The molecular weight excluding hydrogens is 432 g/mol. The smallest absolute Gasteiger partial charge is 0.306 e. The Hall–Kier alpha value is -1.39. The van der Waals surface area contributed by atoms with Gasteiger partial charge in [0.1, 0.15) is 6.10 Å². The van der Waals surface area contributed by atoms with Gasteiger partial charge >= 0.3 is 5.97 Å². The second-order valence-corrected chi connectivity index (χ2v) is 10.4. The van der Waals surface area contributed by atoms with Gasteiger partial charge in [-0.15, -0.1) is 11.8 Å². The topological polar surface area (TPSA) is 63.2 Å². The minimum Gasteiger partial charge on any atom is -0.462 e. The van der Waals surface area contributed by atoms with Gasteiger partial charge in [0.15, 0.2) is 12.6 Å². The Morgan fingerprint density at radius 2 is 1.85 bits per heavy atom. The standard InChI is InChI=1S/C28H42O6/c1-4-5-6-11-20(2)28(3,34-27-13-8-10-17-31-27)15-14-21-22-18-25(29)32-24(22)19-23(21)33-26-12-7-9-16-30-26/h14-15,20-24,26-27H,4,7-13,16-19H2,1-3H3/b15-14+/t20?,21-,22-,23-,24+,26?,27?,28-/m1/s1. The van der Waals surface area contributed by atoms with Crippen molar-refractivity contribution in [1.82, 2.24) is 0 Å². The van der Waals surface area contributed by atoms with E-state index in [9.17, 15) is 4.79 Å². The fourth-order valence-electron chi connectivity index (χ4n) is 5.59. The molecule has 3 heterocycles. The van der Waals surface area contributed by atoms with Crippen molar-refractivity contribution < 1.29 is 28.5 Å². The summed E-state index contributed by atoms with van der Waals surface area (Å²) in [6.07, 6.45) is 13.0. The molecule has 1 aliphatic carbocycles. The maximum Gasteiger partial charge on any atom is 0.306 e. The molecule has 0 radical (unpaired) electrons. The third kappa shape index (κ3) is 6.43. The first-order valence-corrected chi connectivity index (χ1v) is 13.4. The van der Waals surface area contributed by atoms with Crippen LogP contribution in [0.1, 0.15) is 85.0 Å². The van der Waals surface area contributed by atoms with Crippen LogP contribution in [0.5, 0.6) is 0 Å². The molecule has 190 valence electrons. The second-order valence-electron chi connectivity index (χ2n) is 10.4. The Kier molecular flexibility index (Phi) is 9.09. The summed E-state index contributed by atoms with van der Waals surface area (Å²) in [5.41, 5.74) is -0.530. The molecule has 0 aromatic heterocycles. The van der Waals surface area contributed by atoms with Gasteiger partial charge in [0.25, 0.3) is 0 Å². The molecule has 0 amide bonds. The highest BCUT2D eigenvalue weighted by atomic mass is 16.7. The number of fused-ring (bicyclic) bond motifs is 1. The molecule has 0 N–H and O–H groups in total. The molecule has 6 nitrogen and oxygen atoms in total. The molecule has 1 saturated carbocycles. The van der Waals surface area contributed by atoms with Crippen molar-refractivity contribution in [3.63, 3.8) is 0 Å². The average molecular weight is 475 g/mol. The van der Waals surface area contributed by atoms with E-state index in [-0.39, 0.29) is 48.5 Å². The molecule has 0 bridgehead atoms. The van der Waals surface area contributed by atoms with Gasteiger partial charge in [-0.3, -0.25) is 4.79 Å². The molecule has 4 rings (SSSR count). The summed E-state index contributed by atoms with van der Waals surface area (Å²) in [7, 11) is 0.